The van der Waals surface area contributed by atoms with Crippen molar-refractivity contribution >= 4 is 50.7 Å². The van der Waals surface area contributed by atoms with Crippen molar-refractivity contribution in [3.63, 3.8) is 0 Å². The fourth-order valence-corrected chi connectivity index (χ4v) is 4.93. The van der Waals surface area contributed by atoms with Gasteiger partial charge >= 0.3 is 0 Å². The summed E-state index contributed by atoms with van der Waals surface area (Å²) in [6.45, 7) is 6.01. The van der Waals surface area contributed by atoms with E-state index in [9.17, 15) is 18.0 Å². The van der Waals surface area contributed by atoms with E-state index in [1.807, 2.05) is 13.8 Å². The summed E-state index contributed by atoms with van der Waals surface area (Å²) in [5.74, 6) is -0.276. The number of carbonyl (C=O) groups is 2. The lowest BCUT2D eigenvalue weighted by molar-refractivity contribution is -0.140. The first-order valence-corrected chi connectivity index (χ1v) is 14.3. The molecule has 2 rings (SSSR count). The van der Waals surface area contributed by atoms with Gasteiger partial charge in [0.2, 0.25) is 21.8 Å². The van der Waals surface area contributed by atoms with Gasteiger partial charge in [0.25, 0.3) is 0 Å². The molecule has 0 heterocycles. The van der Waals surface area contributed by atoms with Gasteiger partial charge in [-0.1, -0.05) is 43.1 Å². The highest BCUT2D eigenvalue weighted by Crippen LogP contribution is 2.25. The molecule has 0 aromatic heterocycles. The van der Waals surface area contributed by atoms with E-state index in [2.05, 4.69) is 5.32 Å². The molecule has 0 fully saturated rings. The fourth-order valence-electron chi connectivity index (χ4n) is 3.61. The average molecular weight is 559 g/mol. The zero-order valence-electron chi connectivity index (χ0n) is 21.0. The van der Waals surface area contributed by atoms with Gasteiger partial charge in [0.15, 0.2) is 0 Å². The first-order valence-electron chi connectivity index (χ1n) is 11.7. The van der Waals surface area contributed by atoms with E-state index in [1.165, 1.54) is 4.90 Å². The maximum atomic E-state index is 13.7. The number of carbonyl (C=O) groups excluding carboxylic acids is 2. The van der Waals surface area contributed by atoms with Gasteiger partial charge in [-0.3, -0.25) is 13.9 Å². The highest BCUT2D eigenvalue weighted by Gasteiger charge is 2.32. The van der Waals surface area contributed by atoms with Crippen LogP contribution in [0, 0.1) is 0 Å². The summed E-state index contributed by atoms with van der Waals surface area (Å²) in [6.07, 6.45) is 2.09. The van der Waals surface area contributed by atoms with E-state index in [0.717, 1.165) is 17.0 Å². The molecule has 0 saturated carbocycles. The zero-order chi connectivity index (χ0) is 26.9. The number of nitrogens with one attached hydrogen (secondary N) is 1. The predicted molar refractivity (Wildman–Crippen MR) is 144 cm³/mol. The number of hydrogen-bond donors (Lipinski definition) is 1. The molecule has 0 aliphatic rings. The monoisotopic (exact) mass is 557 g/mol. The largest absolute Gasteiger partial charge is 0.494 e. The minimum absolute atomic E-state index is 0.00771. The normalized spacial score (nSPS) is 12.1. The Morgan fingerprint density at radius 1 is 1.06 bits per heavy atom. The van der Waals surface area contributed by atoms with Gasteiger partial charge in [-0.15, -0.1) is 0 Å². The third kappa shape index (κ3) is 8.28. The molecule has 0 radical (unpaired) electrons. The second kappa shape index (κ2) is 13.7. The van der Waals surface area contributed by atoms with Crippen LogP contribution < -0.4 is 14.4 Å². The van der Waals surface area contributed by atoms with E-state index >= 15 is 0 Å². The van der Waals surface area contributed by atoms with E-state index in [1.54, 1.807) is 49.4 Å². The molecule has 198 valence electrons. The summed E-state index contributed by atoms with van der Waals surface area (Å²) >= 11 is 12.4. The molecule has 0 aliphatic carbocycles. The Hall–Kier alpha value is -2.49. The third-order valence-corrected chi connectivity index (χ3v) is 7.13. The van der Waals surface area contributed by atoms with Gasteiger partial charge in [-0.25, -0.2) is 8.42 Å². The number of benzene rings is 2. The molecule has 0 unspecified atom stereocenters. The van der Waals surface area contributed by atoms with Crippen LogP contribution in [0.4, 0.5) is 5.69 Å². The number of amides is 2. The molecule has 0 spiro atoms. The summed E-state index contributed by atoms with van der Waals surface area (Å²) in [6, 6.07) is 10.5. The Kier molecular flexibility index (Phi) is 11.3. The second-order valence-corrected chi connectivity index (χ2v) is 10.9. The fraction of sp³-hybridized carbons (Fsp3) is 0.440. The molecule has 8 nitrogen and oxygen atoms in total. The van der Waals surface area contributed by atoms with Gasteiger partial charge in [0.05, 0.1) is 18.6 Å². The maximum Gasteiger partial charge on any atom is 0.244 e. The number of ether oxygens (including phenoxy) is 1. The molecule has 1 N–H and O–H groups in total. The summed E-state index contributed by atoms with van der Waals surface area (Å²) in [5.41, 5.74) is 0.894. The Morgan fingerprint density at radius 2 is 1.72 bits per heavy atom. The zero-order valence-corrected chi connectivity index (χ0v) is 23.3. The lowest BCUT2D eigenvalue weighted by Crippen LogP contribution is -2.52. The molecule has 1 atom stereocenters. The Morgan fingerprint density at radius 3 is 2.25 bits per heavy atom. The topological polar surface area (TPSA) is 96.0 Å². The number of hydrogen-bond acceptors (Lipinski definition) is 5. The van der Waals surface area contributed by atoms with Crippen LogP contribution in [0.5, 0.6) is 5.75 Å². The Balaban J connectivity index is 2.43. The van der Waals surface area contributed by atoms with Gasteiger partial charge in [0.1, 0.15) is 18.3 Å². The molecule has 36 heavy (non-hydrogen) atoms. The minimum atomic E-state index is -3.82. The lowest BCUT2D eigenvalue weighted by Gasteiger charge is -2.33. The standard InChI is InChI=1S/C25H33Cl2N3O5S/c1-5-14-28-25(32)23(6-2)29(16-18-8-9-19(26)15-22(18)27)24(31)17-30(36(4,33)34)20-10-12-21(13-11-20)35-7-3/h8-13,15,23H,5-7,14,16-17H2,1-4H3,(H,28,32)/t23-/m1/s1. The van der Waals surface area contributed by atoms with Crippen LogP contribution in [-0.2, 0) is 26.2 Å². The van der Waals surface area contributed by atoms with E-state index in [-0.39, 0.29) is 12.5 Å². The SMILES string of the molecule is CCCNC(=O)[C@@H](CC)N(Cc1ccc(Cl)cc1Cl)C(=O)CN(c1ccc(OCC)cc1)S(C)(=O)=O. The maximum absolute atomic E-state index is 13.7. The van der Waals surface area contributed by atoms with Crippen LogP contribution in [-0.4, -0.2) is 57.1 Å². The molecule has 2 aromatic rings. The van der Waals surface area contributed by atoms with Crippen molar-refractivity contribution in [2.45, 2.75) is 46.2 Å². The van der Waals surface area contributed by atoms with Crippen molar-refractivity contribution < 1.29 is 22.7 Å². The molecule has 0 saturated heterocycles. The number of rotatable bonds is 13. The van der Waals surface area contributed by atoms with Crippen molar-refractivity contribution in [1.29, 1.82) is 0 Å². The van der Waals surface area contributed by atoms with Crippen LogP contribution in [0.25, 0.3) is 0 Å². The molecule has 2 amide bonds. The Labute approximate surface area is 223 Å². The lowest BCUT2D eigenvalue weighted by atomic mass is 10.1. The van der Waals surface area contributed by atoms with Crippen molar-refractivity contribution in [1.82, 2.24) is 10.2 Å². The van der Waals surface area contributed by atoms with Crippen LogP contribution in [0.1, 0.15) is 39.2 Å². The van der Waals surface area contributed by atoms with E-state index in [0.29, 0.717) is 46.6 Å². The van der Waals surface area contributed by atoms with Crippen molar-refractivity contribution in [2.75, 3.05) is 30.3 Å². The number of sulfonamides is 1. The molecular weight excluding hydrogens is 525 g/mol. The van der Waals surface area contributed by atoms with Gasteiger partial charge in [-0.05, 0) is 61.7 Å². The van der Waals surface area contributed by atoms with Gasteiger partial charge in [0, 0.05) is 23.1 Å². The third-order valence-electron chi connectivity index (χ3n) is 5.41. The van der Waals surface area contributed by atoms with Crippen LogP contribution in [0.2, 0.25) is 10.0 Å². The highest BCUT2D eigenvalue weighted by molar-refractivity contribution is 7.92. The summed E-state index contributed by atoms with van der Waals surface area (Å²) in [4.78, 5) is 28.0. The van der Waals surface area contributed by atoms with Crippen LogP contribution in [0.15, 0.2) is 42.5 Å². The smallest absolute Gasteiger partial charge is 0.244 e. The summed E-state index contributed by atoms with van der Waals surface area (Å²) in [5, 5.41) is 3.61. The summed E-state index contributed by atoms with van der Waals surface area (Å²) in [7, 11) is -3.82. The first kappa shape index (κ1) is 29.7. The van der Waals surface area contributed by atoms with Crippen LogP contribution in [0.3, 0.4) is 0 Å². The van der Waals surface area contributed by atoms with Crippen molar-refractivity contribution in [3.05, 3.63) is 58.1 Å². The highest BCUT2D eigenvalue weighted by atomic mass is 35.5. The average Bonchev–Trinajstić information content (AvgIpc) is 2.82. The van der Waals surface area contributed by atoms with Crippen LogP contribution >= 0.6 is 23.2 Å². The minimum Gasteiger partial charge on any atom is -0.494 e. The second-order valence-electron chi connectivity index (χ2n) is 8.17. The predicted octanol–water partition coefficient (Wildman–Crippen LogP) is 4.49. The van der Waals surface area contributed by atoms with E-state index < -0.39 is 28.5 Å². The molecule has 0 aliphatic heterocycles. The van der Waals surface area contributed by atoms with Gasteiger partial charge < -0.3 is 15.0 Å². The quantitative estimate of drug-likeness (QED) is 0.391. The number of nitrogens with zero attached hydrogens (tertiary/aromatic N) is 2. The molecule has 2 aromatic carbocycles. The molecule has 11 heteroatoms. The summed E-state index contributed by atoms with van der Waals surface area (Å²) < 4.78 is 31.8. The number of halogens is 2. The van der Waals surface area contributed by atoms with Crippen molar-refractivity contribution in [3.8, 4) is 5.75 Å². The van der Waals surface area contributed by atoms with Gasteiger partial charge in [-0.2, -0.15) is 0 Å². The number of anilines is 1. The molecule has 0 bridgehead atoms. The van der Waals surface area contributed by atoms with Crippen molar-refractivity contribution in [2.24, 2.45) is 0 Å². The molecular formula is C25H33Cl2N3O5S. The first-order chi connectivity index (χ1) is 17.0. The Bertz CT molecular complexity index is 1140. The van der Waals surface area contributed by atoms with E-state index in [4.69, 9.17) is 27.9 Å².